The van der Waals surface area contributed by atoms with Crippen LogP contribution in [0.1, 0.15) is 60.3 Å². The molecular formula is C39H38N2O5. The number of carbonyl (C=O) groups is 2. The summed E-state index contributed by atoms with van der Waals surface area (Å²) in [5.74, 6) is -0.530. The number of hydrogen-bond donors (Lipinski definition) is 0. The SMILES string of the molecule is C=C(C)C(=O)OC(C)Oc1cc(N(CC)CC)ccc1C1(c2cn(Cc3ccccc3)c3ccccc23)OC(=O)c2ccccc21. The minimum absolute atomic E-state index is 0.272. The number of cyclic esters (lactones) is 1. The van der Waals surface area contributed by atoms with Crippen molar-refractivity contribution in [3.05, 3.63) is 143 Å². The average molecular weight is 615 g/mol. The lowest BCUT2D eigenvalue weighted by Gasteiger charge is -2.33. The molecule has 0 saturated carbocycles. The molecule has 234 valence electrons. The van der Waals surface area contributed by atoms with Gasteiger partial charge in [-0.3, -0.25) is 0 Å². The normalized spacial score (nSPS) is 16.0. The van der Waals surface area contributed by atoms with Gasteiger partial charge in [0, 0.05) is 77.7 Å². The molecule has 2 unspecified atom stereocenters. The van der Waals surface area contributed by atoms with Gasteiger partial charge in [-0.05, 0) is 50.6 Å². The van der Waals surface area contributed by atoms with Gasteiger partial charge in [-0.2, -0.15) is 0 Å². The summed E-state index contributed by atoms with van der Waals surface area (Å²) in [5, 5.41) is 0.948. The monoisotopic (exact) mass is 614 g/mol. The lowest BCUT2D eigenvalue weighted by molar-refractivity contribution is -0.156. The molecule has 0 saturated heterocycles. The van der Waals surface area contributed by atoms with E-state index >= 15 is 0 Å². The maximum Gasteiger partial charge on any atom is 0.340 e. The first kappa shape index (κ1) is 30.7. The number of fused-ring (bicyclic) bond motifs is 2. The zero-order valence-electron chi connectivity index (χ0n) is 26.7. The first-order valence-electron chi connectivity index (χ1n) is 15.6. The summed E-state index contributed by atoms with van der Waals surface area (Å²) in [4.78, 5) is 28.4. The van der Waals surface area contributed by atoms with Crippen molar-refractivity contribution in [2.24, 2.45) is 0 Å². The van der Waals surface area contributed by atoms with Gasteiger partial charge in [0.1, 0.15) is 5.75 Å². The standard InChI is InChI=1S/C39H38N2O5/c1-6-40(7-2)29-21-22-33(36(23-29)44-27(5)45-37(42)26(3)4)39(32-19-13-11-18-31(32)38(43)46-39)34-25-41(24-28-15-9-8-10-16-28)35-20-14-12-17-30(34)35/h8-23,25,27H,3,6-7,24H2,1-2,4-5H3. The third-order valence-electron chi connectivity index (χ3n) is 8.52. The Kier molecular flexibility index (Phi) is 8.41. The van der Waals surface area contributed by atoms with Gasteiger partial charge in [0.15, 0.2) is 5.60 Å². The zero-order chi connectivity index (χ0) is 32.4. The first-order valence-corrected chi connectivity index (χ1v) is 15.6. The summed E-state index contributed by atoms with van der Waals surface area (Å²) >= 11 is 0. The molecule has 0 N–H and O–H groups in total. The second kappa shape index (κ2) is 12.6. The Labute approximate surface area is 269 Å². The van der Waals surface area contributed by atoms with Gasteiger partial charge in [0.25, 0.3) is 0 Å². The van der Waals surface area contributed by atoms with Gasteiger partial charge in [-0.15, -0.1) is 0 Å². The van der Waals surface area contributed by atoms with E-state index in [0.29, 0.717) is 23.4 Å². The van der Waals surface area contributed by atoms with E-state index in [4.69, 9.17) is 14.2 Å². The van der Waals surface area contributed by atoms with Crippen molar-refractivity contribution < 1.29 is 23.8 Å². The van der Waals surface area contributed by atoms with E-state index in [2.05, 4.69) is 60.4 Å². The van der Waals surface area contributed by atoms with Crippen LogP contribution in [0, 0.1) is 0 Å². The lowest BCUT2D eigenvalue weighted by Crippen LogP contribution is -2.32. The Morgan fingerprint density at radius 3 is 2.35 bits per heavy atom. The van der Waals surface area contributed by atoms with Crippen molar-refractivity contribution in [3.63, 3.8) is 0 Å². The first-order chi connectivity index (χ1) is 22.3. The van der Waals surface area contributed by atoms with Crippen molar-refractivity contribution in [1.82, 2.24) is 4.57 Å². The Morgan fingerprint density at radius 2 is 1.61 bits per heavy atom. The van der Waals surface area contributed by atoms with Gasteiger partial charge in [0.2, 0.25) is 6.29 Å². The third kappa shape index (κ3) is 5.42. The Morgan fingerprint density at radius 1 is 0.913 bits per heavy atom. The summed E-state index contributed by atoms with van der Waals surface area (Å²) in [6.07, 6.45) is 1.14. The molecule has 0 fully saturated rings. The van der Waals surface area contributed by atoms with Crippen LogP contribution in [0.3, 0.4) is 0 Å². The number of aromatic nitrogens is 1. The van der Waals surface area contributed by atoms with Crippen LogP contribution >= 0.6 is 0 Å². The molecule has 7 nitrogen and oxygen atoms in total. The van der Waals surface area contributed by atoms with Crippen LogP contribution in [-0.2, 0) is 26.4 Å². The smallest absolute Gasteiger partial charge is 0.340 e. The molecule has 7 heteroatoms. The second-order valence-electron chi connectivity index (χ2n) is 11.5. The Bertz CT molecular complexity index is 1920. The molecule has 0 amide bonds. The molecule has 1 aliphatic rings. The highest BCUT2D eigenvalue weighted by atomic mass is 16.7. The molecule has 0 bridgehead atoms. The number of esters is 2. The fraction of sp³-hybridized carbons (Fsp3) is 0.231. The van der Waals surface area contributed by atoms with Crippen LogP contribution in [0.4, 0.5) is 5.69 Å². The molecule has 2 atom stereocenters. The molecule has 6 rings (SSSR count). The number of carbonyl (C=O) groups excluding carboxylic acids is 2. The highest BCUT2D eigenvalue weighted by molar-refractivity contribution is 5.98. The Hall–Kier alpha value is -5.30. The molecule has 4 aromatic carbocycles. The second-order valence-corrected chi connectivity index (χ2v) is 11.5. The van der Waals surface area contributed by atoms with Crippen LogP contribution < -0.4 is 9.64 Å². The summed E-state index contributed by atoms with van der Waals surface area (Å²) in [5.41, 5.74) is 4.64. The molecule has 46 heavy (non-hydrogen) atoms. The van der Waals surface area contributed by atoms with Crippen molar-refractivity contribution in [2.75, 3.05) is 18.0 Å². The maximum atomic E-state index is 13.7. The van der Waals surface area contributed by atoms with Crippen molar-refractivity contribution in [3.8, 4) is 5.75 Å². The molecular weight excluding hydrogens is 576 g/mol. The minimum Gasteiger partial charge on any atom is -0.455 e. The van der Waals surface area contributed by atoms with Gasteiger partial charge in [0.05, 0.1) is 5.56 Å². The molecule has 1 aliphatic heterocycles. The number of rotatable bonds is 11. The number of hydrogen-bond acceptors (Lipinski definition) is 6. The Balaban J connectivity index is 1.61. The van der Waals surface area contributed by atoms with Crippen LogP contribution in [0.2, 0.25) is 0 Å². The summed E-state index contributed by atoms with van der Waals surface area (Å²) < 4.78 is 20.8. The fourth-order valence-corrected chi connectivity index (χ4v) is 6.34. The van der Waals surface area contributed by atoms with E-state index < -0.39 is 23.8 Å². The van der Waals surface area contributed by atoms with E-state index in [1.165, 1.54) is 0 Å². The highest BCUT2D eigenvalue weighted by Gasteiger charge is 2.51. The van der Waals surface area contributed by atoms with Crippen LogP contribution in [0.15, 0.2) is 115 Å². The maximum absolute atomic E-state index is 13.7. The quantitative estimate of drug-likeness (QED) is 0.0858. The lowest BCUT2D eigenvalue weighted by atomic mass is 9.79. The summed E-state index contributed by atoms with van der Waals surface area (Å²) in [6, 6.07) is 31.8. The third-order valence-corrected chi connectivity index (χ3v) is 8.52. The molecule has 0 radical (unpaired) electrons. The number of benzene rings is 4. The summed E-state index contributed by atoms with van der Waals surface area (Å²) in [7, 11) is 0. The predicted molar refractivity (Wildman–Crippen MR) is 180 cm³/mol. The van der Waals surface area contributed by atoms with Gasteiger partial charge < -0.3 is 23.7 Å². The predicted octanol–water partition coefficient (Wildman–Crippen LogP) is 7.84. The van der Waals surface area contributed by atoms with E-state index in [9.17, 15) is 9.59 Å². The number of nitrogens with zero attached hydrogens (tertiary/aromatic N) is 2. The van der Waals surface area contributed by atoms with Crippen molar-refractivity contribution >= 4 is 28.5 Å². The van der Waals surface area contributed by atoms with E-state index in [-0.39, 0.29) is 5.57 Å². The zero-order valence-corrected chi connectivity index (χ0v) is 26.7. The van der Waals surface area contributed by atoms with Crippen LogP contribution in [-0.4, -0.2) is 35.9 Å². The van der Waals surface area contributed by atoms with E-state index in [1.54, 1.807) is 19.9 Å². The van der Waals surface area contributed by atoms with Gasteiger partial charge in [-0.1, -0.05) is 73.3 Å². The number of para-hydroxylation sites is 1. The fourth-order valence-electron chi connectivity index (χ4n) is 6.34. The highest BCUT2D eigenvalue weighted by Crippen LogP contribution is 2.52. The molecule has 5 aromatic rings. The minimum atomic E-state index is -1.36. The summed E-state index contributed by atoms with van der Waals surface area (Å²) in [6.45, 7) is 13.3. The van der Waals surface area contributed by atoms with Gasteiger partial charge >= 0.3 is 11.9 Å². The topological polar surface area (TPSA) is 70.0 Å². The largest absolute Gasteiger partial charge is 0.455 e. The number of anilines is 1. The van der Waals surface area contributed by atoms with Crippen LogP contribution in [0.25, 0.3) is 10.9 Å². The molecule has 0 aliphatic carbocycles. The van der Waals surface area contributed by atoms with Crippen LogP contribution in [0.5, 0.6) is 5.75 Å². The van der Waals surface area contributed by atoms with Gasteiger partial charge in [-0.25, -0.2) is 9.59 Å². The van der Waals surface area contributed by atoms with E-state index in [0.717, 1.165) is 46.4 Å². The van der Waals surface area contributed by atoms with E-state index in [1.807, 2.05) is 66.7 Å². The van der Waals surface area contributed by atoms with Crippen molar-refractivity contribution in [1.29, 1.82) is 0 Å². The molecule has 2 heterocycles. The number of ether oxygens (including phenoxy) is 3. The molecule has 0 spiro atoms. The average Bonchev–Trinajstić information content (AvgIpc) is 3.58. The van der Waals surface area contributed by atoms with Crippen molar-refractivity contribution in [2.45, 2.75) is 46.1 Å². The molecule has 1 aromatic heterocycles.